The van der Waals surface area contributed by atoms with Crippen LogP contribution >= 0.6 is 0 Å². The molecule has 0 amide bonds. The van der Waals surface area contributed by atoms with E-state index in [-0.39, 0.29) is 23.7 Å². The van der Waals surface area contributed by atoms with Gasteiger partial charge in [0.1, 0.15) is 12.3 Å². The molecule has 1 heterocycles. The third kappa shape index (κ3) is 3.53. The minimum Gasteiger partial charge on any atom is -0.480 e. The second-order valence-electron chi connectivity index (χ2n) is 4.34. The molecular formula is C14H12N2O5. The molecule has 7 nitrogen and oxygen atoms in total. The Morgan fingerprint density at radius 1 is 1.38 bits per heavy atom. The number of carbonyl (C=O) groups is 1. The van der Waals surface area contributed by atoms with Crippen molar-refractivity contribution in [1.29, 1.82) is 0 Å². The van der Waals surface area contributed by atoms with Crippen molar-refractivity contribution in [2.75, 3.05) is 0 Å². The molecule has 0 bridgehead atoms. The largest absolute Gasteiger partial charge is 0.480 e. The van der Waals surface area contributed by atoms with Crippen molar-refractivity contribution in [2.24, 2.45) is 0 Å². The van der Waals surface area contributed by atoms with Crippen molar-refractivity contribution >= 4 is 11.7 Å². The van der Waals surface area contributed by atoms with Crippen molar-refractivity contribution in [1.82, 2.24) is 4.98 Å². The molecule has 2 rings (SSSR count). The smallest absolute Gasteiger partial charge is 0.354 e. The molecule has 1 aromatic carbocycles. The van der Waals surface area contributed by atoms with Gasteiger partial charge in [0.25, 0.3) is 0 Å². The van der Waals surface area contributed by atoms with E-state index in [9.17, 15) is 14.9 Å². The van der Waals surface area contributed by atoms with Gasteiger partial charge in [0.2, 0.25) is 0 Å². The molecule has 0 unspecified atom stereocenters. The number of rotatable bonds is 5. The maximum absolute atomic E-state index is 10.9. The fourth-order valence-electron chi connectivity index (χ4n) is 1.72. The van der Waals surface area contributed by atoms with Gasteiger partial charge in [-0.05, 0) is 30.7 Å². The molecule has 0 atom stereocenters. The predicted molar refractivity (Wildman–Crippen MR) is 73.4 cm³/mol. The van der Waals surface area contributed by atoms with Crippen molar-refractivity contribution in [2.45, 2.75) is 13.5 Å². The number of hydrogen-bond donors (Lipinski definition) is 1. The van der Waals surface area contributed by atoms with Gasteiger partial charge in [-0.1, -0.05) is 12.1 Å². The number of carboxylic acid groups (broad SMARTS) is 1. The number of nitrogens with zero attached hydrogens (tertiary/aromatic N) is 2. The Balaban J connectivity index is 2.20. The molecule has 21 heavy (non-hydrogen) atoms. The van der Waals surface area contributed by atoms with Crippen LogP contribution in [0.4, 0.5) is 5.69 Å². The van der Waals surface area contributed by atoms with Crippen LogP contribution in [0.5, 0.6) is 5.75 Å². The number of aromatic carboxylic acids is 1. The molecule has 1 N–H and O–H groups in total. The van der Waals surface area contributed by atoms with E-state index < -0.39 is 10.9 Å². The van der Waals surface area contributed by atoms with Crippen LogP contribution in [0.1, 0.15) is 21.7 Å². The SMILES string of the molecule is Cc1ccc([N+](=O)[O-])c(OCc2cccc(C(=O)O)n2)c1. The molecule has 0 fully saturated rings. The van der Waals surface area contributed by atoms with Gasteiger partial charge < -0.3 is 9.84 Å². The van der Waals surface area contributed by atoms with Gasteiger partial charge in [-0.15, -0.1) is 0 Å². The lowest BCUT2D eigenvalue weighted by Gasteiger charge is -2.07. The van der Waals surface area contributed by atoms with E-state index >= 15 is 0 Å². The number of aryl methyl sites for hydroxylation is 1. The van der Waals surface area contributed by atoms with E-state index in [1.54, 1.807) is 31.2 Å². The Kier molecular flexibility index (Phi) is 4.13. The summed E-state index contributed by atoms with van der Waals surface area (Å²) in [6, 6.07) is 9.04. The summed E-state index contributed by atoms with van der Waals surface area (Å²) >= 11 is 0. The minimum absolute atomic E-state index is 0.0502. The number of hydrogen-bond acceptors (Lipinski definition) is 5. The van der Waals surface area contributed by atoms with Crippen LogP contribution in [0.2, 0.25) is 0 Å². The summed E-state index contributed by atoms with van der Waals surface area (Å²) in [5.74, 6) is -1.01. The molecule has 0 aliphatic carbocycles. The maximum atomic E-state index is 10.9. The lowest BCUT2D eigenvalue weighted by Crippen LogP contribution is -2.05. The number of nitro benzene ring substituents is 1. The zero-order valence-electron chi connectivity index (χ0n) is 11.1. The summed E-state index contributed by atoms with van der Waals surface area (Å²) in [4.78, 5) is 25.1. The van der Waals surface area contributed by atoms with Crippen LogP contribution in [-0.4, -0.2) is 21.0 Å². The van der Waals surface area contributed by atoms with E-state index in [0.717, 1.165) is 5.56 Å². The summed E-state index contributed by atoms with van der Waals surface area (Å²) in [7, 11) is 0. The Morgan fingerprint density at radius 3 is 2.81 bits per heavy atom. The second-order valence-corrected chi connectivity index (χ2v) is 4.34. The third-order valence-corrected chi connectivity index (χ3v) is 2.71. The highest BCUT2D eigenvalue weighted by Crippen LogP contribution is 2.28. The summed E-state index contributed by atoms with van der Waals surface area (Å²) in [6.07, 6.45) is 0. The van der Waals surface area contributed by atoms with Crippen LogP contribution < -0.4 is 4.74 Å². The number of nitro groups is 1. The normalized spacial score (nSPS) is 10.1. The maximum Gasteiger partial charge on any atom is 0.354 e. The minimum atomic E-state index is -1.14. The van der Waals surface area contributed by atoms with E-state index in [0.29, 0.717) is 5.69 Å². The molecule has 1 aromatic heterocycles. The van der Waals surface area contributed by atoms with Crippen LogP contribution in [0.15, 0.2) is 36.4 Å². The lowest BCUT2D eigenvalue weighted by molar-refractivity contribution is -0.386. The van der Waals surface area contributed by atoms with Crippen LogP contribution in [-0.2, 0) is 6.61 Å². The quantitative estimate of drug-likeness (QED) is 0.670. The number of ether oxygens (including phenoxy) is 1. The molecular weight excluding hydrogens is 276 g/mol. The van der Waals surface area contributed by atoms with Gasteiger partial charge in [0.05, 0.1) is 10.6 Å². The Morgan fingerprint density at radius 2 is 2.14 bits per heavy atom. The second kappa shape index (κ2) is 6.00. The molecule has 0 aliphatic heterocycles. The molecule has 0 saturated carbocycles. The average Bonchev–Trinajstić information content (AvgIpc) is 2.45. The van der Waals surface area contributed by atoms with Gasteiger partial charge in [0, 0.05) is 6.07 Å². The van der Waals surface area contributed by atoms with Crippen LogP contribution in [0.25, 0.3) is 0 Å². The number of carboxylic acids is 1. The highest BCUT2D eigenvalue weighted by Gasteiger charge is 2.15. The van der Waals surface area contributed by atoms with Gasteiger partial charge in [0.15, 0.2) is 5.75 Å². The van der Waals surface area contributed by atoms with Crippen molar-refractivity contribution in [3.05, 3.63) is 63.5 Å². The number of pyridine rings is 1. The van der Waals surface area contributed by atoms with Crippen LogP contribution in [0.3, 0.4) is 0 Å². The van der Waals surface area contributed by atoms with E-state index in [1.165, 1.54) is 12.1 Å². The molecule has 108 valence electrons. The van der Waals surface area contributed by atoms with Gasteiger partial charge in [-0.2, -0.15) is 0 Å². The molecule has 0 aliphatic rings. The predicted octanol–water partition coefficient (Wildman–Crippen LogP) is 2.58. The summed E-state index contributed by atoms with van der Waals surface area (Å²) in [5, 5.41) is 19.8. The highest BCUT2D eigenvalue weighted by atomic mass is 16.6. The fourth-order valence-corrected chi connectivity index (χ4v) is 1.72. The molecule has 7 heteroatoms. The number of aromatic nitrogens is 1. The molecule has 0 saturated heterocycles. The van der Waals surface area contributed by atoms with Crippen molar-refractivity contribution in [3.8, 4) is 5.75 Å². The van der Waals surface area contributed by atoms with E-state index in [2.05, 4.69) is 4.98 Å². The Labute approximate surface area is 120 Å². The molecule has 2 aromatic rings. The van der Waals surface area contributed by atoms with Crippen molar-refractivity contribution < 1.29 is 19.6 Å². The first-order valence-electron chi connectivity index (χ1n) is 6.04. The first kappa shape index (κ1) is 14.4. The van der Waals surface area contributed by atoms with Crippen molar-refractivity contribution in [3.63, 3.8) is 0 Å². The topological polar surface area (TPSA) is 103 Å². The van der Waals surface area contributed by atoms with E-state index in [4.69, 9.17) is 9.84 Å². The Bertz CT molecular complexity index is 700. The van der Waals surface area contributed by atoms with Crippen LogP contribution in [0, 0.1) is 17.0 Å². The monoisotopic (exact) mass is 288 g/mol. The zero-order chi connectivity index (χ0) is 15.4. The average molecular weight is 288 g/mol. The zero-order valence-corrected chi connectivity index (χ0v) is 11.1. The number of benzene rings is 1. The lowest BCUT2D eigenvalue weighted by atomic mass is 10.2. The first-order chi connectivity index (χ1) is 9.97. The standard InChI is InChI=1S/C14H12N2O5/c1-9-5-6-12(16(19)20)13(7-9)21-8-10-3-2-4-11(15-10)14(17)18/h2-7H,8H2,1H3,(H,17,18). The molecule has 0 radical (unpaired) electrons. The summed E-state index contributed by atoms with van der Waals surface area (Å²) in [5.41, 5.74) is 0.957. The van der Waals surface area contributed by atoms with Gasteiger partial charge >= 0.3 is 11.7 Å². The third-order valence-electron chi connectivity index (χ3n) is 2.71. The highest BCUT2D eigenvalue weighted by molar-refractivity contribution is 5.85. The van der Waals surface area contributed by atoms with E-state index in [1.807, 2.05) is 0 Å². The van der Waals surface area contributed by atoms with Gasteiger partial charge in [-0.3, -0.25) is 10.1 Å². The molecule has 0 spiro atoms. The Hall–Kier alpha value is -2.96. The summed E-state index contributed by atoms with van der Waals surface area (Å²) < 4.78 is 5.40. The van der Waals surface area contributed by atoms with Gasteiger partial charge in [-0.25, -0.2) is 9.78 Å². The fraction of sp³-hybridized carbons (Fsp3) is 0.143. The summed E-state index contributed by atoms with van der Waals surface area (Å²) in [6.45, 7) is 1.74. The first-order valence-corrected chi connectivity index (χ1v) is 6.04.